The third kappa shape index (κ3) is 6.51. The van der Waals surface area contributed by atoms with Crippen LogP contribution in [0.15, 0.2) is 16.8 Å². The molecule has 19 heavy (non-hydrogen) atoms. The van der Waals surface area contributed by atoms with Crippen LogP contribution in [0.5, 0.6) is 0 Å². The van der Waals surface area contributed by atoms with E-state index in [1.807, 2.05) is 16.8 Å². The summed E-state index contributed by atoms with van der Waals surface area (Å²) in [5, 5.41) is 7.23. The third-order valence-electron chi connectivity index (χ3n) is 2.89. The molecule has 0 saturated carbocycles. The highest BCUT2D eigenvalue weighted by molar-refractivity contribution is 7.89. The monoisotopic (exact) mass is 304 g/mol. The van der Waals surface area contributed by atoms with Crippen molar-refractivity contribution in [2.45, 2.75) is 32.7 Å². The van der Waals surface area contributed by atoms with E-state index in [4.69, 9.17) is 0 Å². The highest BCUT2D eigenvalue weighted by atomic mass is 32.2. The first-order valence-corrected chi connectivity index (χ1v) is 9.27. The quantitative estimate of drug-likeness (QED) is 0.675. The number of thiophene rings is 1. The van der Waals surface area contributed by atoms with E-state index in [2.05, 4.69) is 12.2 Å². The molecule has 0 unspecified atom stereocenters. The molecule has 1 heterocycles. The number of hydrogen-bond acceptors (Lipinski definition) is 4. The fourth-order valence-corrected chi connectivity index (χ4v) is 3.62. The number of hydrogen-bond donors (Lipinski definition) is 1. The molecule has 1 rings (SSSR count). The van der Waals surface area contributed by atoms with E-state index >= 15 is 0 Å². The van der Waals surface area contributed by atoms with E-state index in [1.54, 1.807) is 18.4 Å². The highest BCUT2D eigenvalue weighted by Gasteiger charge is 2.17. The lowest BCUT2D eigenvalue weighted by atomic mass is 10.3. The molecule has 6 heteroatoms. The highest BCUT2D eigenvalue weighted by Crippen LogP contribution is 2.12. The van der Waals surface area contributed by atoms with Gasteiger partial charge in [0.2, 0.25) is 10.0 Å². The van der Waals surface area contributed by atoms with E-state index < -0.39 is 10.0 Å². The van der Waals surface area contributed by atoms with Gasteiger partial charge in [-0.2, -0.15) is 11.3 Å². The maximum Gasteiger partial charge on any atom is 0.214 e. The van der Waals surface area contributed by atoms with Gasteiger partial charge in [0.1, 0.15) is 0 Å². The Kier molecular flexibility index (Phi) is 7.60. The fraction of sp³-hybridized carbons (Fsp3) is 0.692. The van der Waals surface area contributed by atoms with Crippen LogP contribution >= 0.6 is 11.3 Å². The first-order valence-electron chi connectivity index (χ1n) is 6.72. The van der Waals surface area contributed by atoms with Crippen molar-refractivity contribution in [3.05, 3.63) is 22.4 Å². The number of unbranched alkanes of at least 4 members (excludes halogenated alkanes) is 1. The molecule has 0 amide bonds. The molecule has 0 saturated heterocycles. The Labute approximate surface area is 120 Å². The molecule has 0 bridgehead atoms. The van der Waals surface area contributed by atoms with Gasteiger partial charge in [-0.25, -0.2) is 12.7 Å². The summed E-state index contributed by atoms with van der Waals surface area (Å²) in [6.45, 7) is 4.50. The summed E-state index contributed by atoms with van der Waals surface area (Å²) >= 11 is 1.59. The van der Waals surface area contributed by atoms with Gasteiger partial charge in [0.25, 0.3) is 0 Å². The number of sulfonamides is 1. The van der Waals surface area contributed by atoms with Crippen molar-refractivity contribution < 1.29 is 8.42 Å². The van der Waals surface area contributed by atoms with E-state index in [0.29, 0.717) is 13.0 Å². The minimum Gasteiger partial charge on any atom is -0.317 e. The molecule has 0 aliphatic heterocycles. The lowest BCUT2D eigenvalue weighted by Gasteiger charge is -2.16. The first kappa shape index (κ1) is 16.6. The molecule has 4 nitrogen and oxygen atoms in total. The minimum absolute atomic E-state index is 0.238. The molecule has 0 aromatic carbocycles. The lowest BCUT2D eigenvalue weighted by molar-refractivity contribution is 0.464. The summed E-state index contributed by atoms with van der Waals surface area (Å²) < 4.78 is 25.6. The Morgan fingerprint density at radius 3 is 2.74 bits per heavy atom. The molecule has 1 N–H and O–H groups in total. The van der Waals surface area contributed by atoms with Crippen LogP contribution < -0.4 is 5.32 Å². The van der Waals surface area contributed by atoms with Gasteiger partial charge in [0.05, 0.1) is 5.75 Å². The van der Waals surface area contributed by atoms with Crippen LogP contribution in [0.25, 0.3) is 0 Å². The predicted molar refractivity (Wildman–Crippen MR) is 82.0 cm³/mol. The third-order valence-corrected chi connectivity index (χ3v) is 5.51. The lowest BCUT2D eigenvalue weighted by Crippen LogP contribution is -2.29. The summed E-state index contributed by atoms with van der Waals surface area (Å²) in [5.41, 5.74) is 1.06. The summed E-state index contributed by atoms with van der Waals surface area (Å²) in [6, 6.07) is 1.96. The number of rotatable bonds is 10. The van der Waals surface area contributed by atoms with Crippen LogP contribution in [-0.2, 0) is 16.6 Å². The summed E-state index contributed by atoms with van der Waals surface area (Å²) in [6.07, 6.45) is 2.74. The molecule has 1 aromatic heterocycles. The zero-order chi connectivity index (χ0) is 14.1. The normalized spacial score (nSPS) is 12.2. The van der Waals surface area contributed by atoms with Crippen LogP contribution in [0.3, 0.4) is 0 Å². The average molecular weight is 304 g/mol. The zero-order valence-corrected chi connectivity index (χ0v) is 13.4. The van der Waals surface area contributed by atoms with Gasteiger partial charge in [-0.15, -0.1) is 0 Å². The topological polar surface area (TPSA) is 49.4 Å². The molecule has 0 fully saturated rings. The molecule has 0 spiro atoms. The SMILES string of the molecule is CCCNCCCCS(=O)(=O)N(C)Cc1ccsc1. The molecule has 0 atom stereocenters. The van der Waals surface area contributed by atoms with Crippen LogP contribution in [0.1, 0.15) is 31.7 Å². The van der Waals surface area contributed by atoms with Gasteiger partial charge in [-0.05, 0) is 54.7 Å². The van der Waals surface area contributed by atoms with Crippen LogP contribution in [0.2, 0.25) is 0 Å². The molecule has 110 valence electrons. The van der Waals surface area contributed by atoms with E-state index in [9.17, 15) is 8.42 Å². The zero-order valence-electron chi connectivity index (χ0n) is 11.8. The summed E-state index contributed by atoms with van der Waals surface area (Å²) in [7, 11) is -1.46. The number of nitrogens with zero attached hydrogens (tertiary/aromatic N) is 1. The summed E-state index contributed by atoms with van der Waals surface area (Å²) in [4.78, 5) is 0. The van der Waals surface area contributed by atoms with Gasteiger partial charge in [0.15, 0.2) is 0 Å². The van der Waals surface area contributed by atoms with Gasteiger partial charge in [-0.1, -0.05) is 6.92 Å². The van der Waals surface area contributed by atoms with Gasteiger partial charge in [0, 0.05) is 13.6 Å². The van der Waals surface area contributed by atoms with Crippen LogP contribution in [0, 0.1) is 0 Å². The van der Waals surface area contributed by atoms with Crippen molar-refractivity contribution in [1.29, 1.82) is 0 Å². The largest absolute Gasteiger partial charge is 0.317 e. The minimum atomic E-state index is -3.12. The maximum absolute atomic E-state index is 12.1. The van der Waals surface area contributed by atoms with Gasteiger partial charge in [-0.3, -0.25) is 0 Å². The standard InChI is InChI=1S/C13H24N2O2S2/c1-3-7-14-8-4-5-10-19(16,17)15(2)11-13-6-9-18-12-13/h6,9,12,14H,3-5,7-8,10-11H2,1-2H3. The molecular weight excluding hydrogens is 280 g/mol. The molecule has 0 aliphatic carbocycles. The van der Waals surface area contributed by atoms with Crippen molar-refractivity contribution in [1.82, 2.24) is 9.62 Å². The Hall–Kier alpha value is -0.430. The molecule has 1 aromatic rings. The maximum atomic E-state index is 12.1. The molecular formula is C13H24N2O2S2. The van der Waals surface area contributed by atoms with Crippen LogP contribution in [0.4, 0.5) is 0 Å². The van der Waals surface area contributed by atoms with E-state index in [-0.39, 0.29) is 5.75 Å². The second kappa shape index (κ2) is 8.68. The van der Waals surface area contributed by atoms with Crippen molar-refractivity contribution in [2.75, 3.05) is 25.9 Å². The predicted octanol–water partition coefficient (Wildman–Crippen LogP) is 2.29. The van der Waals surface area contributed by atoms with Crippen LogP contribution in [-0.4, -0.2) is 38.6 Å². The van der Waals surface area contributed by atoms with Crippen molar-refractivity contribution in [3.63, 3.8) is 0 Å². The average Bonchev–Trinajstić information content (AvgIpc) is 2.86. The second-order valence-corrected chi connectivity index (χ2v) is 7.64. The second-order valence-electron chi connectivity index (χ2n) is 4.66. The molecule has 0 radical (unpaired) electrons. The van der Waals surface area contributed by atoms with Crippen molar-refractivity contribution >= 4 is 21.4 Å². The Morgan fingerprint density at radius 1 is 1.32 bits per heavy atom. The fourth-order valence-electron chi connectivity index (χ4n) is 1.73. The Bertz CT molecular complexity index is 430. The van der Waals surface area contributed by atoms with Gasteiger partial charge < -0.3 is 5.32 Å². The van der Waals surface area contributed by atoms with Gasteiger partial charge >= 0.3 is 0 Å². The smallest absolute Gasteiger partial charge is 0.214 e. The van der Waals surface area contributed by atoms with E-state index in [0.717, 1.165) is 31.5 Å². The number of nitrogens with one attached hydrogen (secondary N) is 1. The Balaban J connectivity index is 2.26. The molecule has 0 aliphatic rings. The Morgan fingerprint density at radius 2 is 2.11 bits per heavy atom. The summed E-state index contributed by atoms with van der Waals surface area (Å²) in [5.74, 6) is 0.238. The van der Waals surface area contributed by atoms with Crippen molar-refractivity contribution in [2.24, 2.45) is 0 Å². The first-order chi connectivity index (χ1) is 9.06. The van der Waals surface area contributed by atoms with Crippen molar-refractivity contribution in [3.8, 4) is 0 Å². The van der Waals surface area contributed by atoms with E-state index in [1.165, 1.54) is 4.31 Å².